The molecule has 7 heteroatoms. The number of morpholine rings is 1. The third-order valence-corrected chi connectivity index (χ3v) is 7.30. The number of nitriles is 1. The number of hydrogen-bond acceptors (Lipinski definition) is 5. The highest BCUT2D eigenvalue weighted by molar-refractivity contribution is 5.83. The van der Waals surface area contributed by atoms with Gasteiger partial charge < -0.3 is 15.4 Å². The summed E-state index contributed by atoms with van der Waals surface area (Å²) in [6.45, 7) is 3.37. The van der Waals surface area contributed by atoms with E-state index < -0.39 is 6.04 Å². The molecule has 2 bridgehead atoms. The van der Waals surface area contributed by atoms with Crippen LogP contribution >= 0.6 is 0 Å². The fraction of sp³-hybridized carbons (Fsp3) is 0.583. The van der Waals surface area contributed by atoms with Gasteiger partial charge in [-0.2, -0.15) is 5.26 Å². The van der Waals surface area contributed by atoms with Gasteiger partial charge in [0.25, 0.3) is 0 Å². The molecule has 2 N–H and O–H groups in total. The Balaban J connectivity index is 1.24. The minimum Gasteiger partial charge on any atom is -0.378 e. The van der Waals surface area contributed by atoms with E-state index in [2.05, 4.69) is 27.7 Å². The van der Waals surface area contributed by atoms with Crippen LogP contribution in [0.2, 0.25) is 0 Å². The van der Waals surface area contributed by atoms with E-state index in [9.17, 15) is 14.4 Å². The highest BCUT2D eigenvalue weighted by Crippen LogP contribution is 2.35. The zero-order chi connectivity index (χ0) is 21.4. The van der Waals surface area contributed by atoms with Crippen LogP contribution in [-0.2, 0) is 16.0 Å². The predicted molar refractivity (Wildman–Crippen MR) is 114 cm³/mol. The van der Waals surface area contributed by atoms with Crippen LogP contribution in [0.25, 0.3) is 5.57 Å². The number of benzene rings is 1. The van der Waals surface area contributed by atoms with Gasteiger partial charge in [-0.05, 0) is 54.4 Å². The zero-order valence-corrected chi connectivity index (χ0v) is 17.6. The van der Waals surface area contributed by atoms with E-state index in [0.29, 0.717) is 24.1 Å². The molecule has 31 heavy (non-hydrogen) atoms. The summed E-state index contributed by atoms with van der Waals surface area (Å²) in [5, 5.41) is 15.7. The largest absolute Gasteiger partial charge is 0.378 e. The van der Waals surface area contributed by atoms with E-state index in [0.717, 1.165) is 56.5 Å². The van der Waals surface area contributed by atoms with Gasteiger partial charge in [0.1, 0.15) is 11.9 Å². The molecule has 0 spiro atoms. The van der Waals surface area contributed by atoms with Crippen molar-refractivity contribution in [2.24, 2.45) is 5.92 Å². The van der Waals surface area contributed by atoms with Gasteiger partial charge in [0.2, 0.25) is 5.91 Å². The number of nitrogens with zero attached hydrogens (tertiary/aromatic N) is 2. The van der Waals surface area contributed by atoms with Crippen molar-refractivity contribution < 1.29 is 13.9 Å². The van der Waals surface area contributed by atoms with E-state index in [4.69, 9.17) is 4.74 Å². The summed E-state index contributed by atoms with van der Waals surface area (Å²) in [7, 11) is 0. The van der Waals surface area contributed by atoms with Gasteiger partial charge in [-0.3, -0.25) is 9.69 Å². The minimum absolute atomic E-state index is 0.137. The lowest BCUT2D eigenvalue weighted by Gasteiger charge is -2.37. The monoisotopic (exact) mass is 424 g/mol. The number of nitrogens with one attached hydrogen (secondary N) is 2. The van der Waals surface area contributed by atoms with E-state index in [-0.39, 0.29) is 30.2 Å². The lowest BCUT2D eigenvalue weighted by atomic mass is 9.93. The standard InChI is InChI=1S/C24H29FN4O2/c25-22-12-15(16-5-6-29-7-8-31-14-21(29)11-16)1-2-17(22)9-20(13-26)28-24(30)23-18-3-4-19(10-18)27-23/h1-2,11-12,18-21,23,27H,3-10,14H2,(H,28,30)/t18?,19?,20-,21?,23?/m0/s1. The molecule has 3 aliphatic heterocycles. The summed E-state index contributed by atoms with van der Waals surface area (Å²) >= 11 is 0. The van der Waals surface area contributed by atoms with Gasteiger partial charge in [-0.25, -0.2) is 4.39 Å². The normalized spacial score (nSPS) is 30.9. The van der Waals surface area contributed by atoms with Crippen molar-refractivity contribution in [3.63, 3.8) is 0 Å². The Hall–Kier alpha value is -2.27. The summed E-state index contributed by atoms with van der Waals surface area (Å²) in [5.41, 5.74) is 2.48. The Morgan fingerprint density at radius 1 is 1.39 bits per heavy atom. The van der Waals surface area contributed by atoms with Gasteiger partial charge in [0, 0.05) is 25.6 Å². The Kier molecular flexibility index (Phi) is 5.79. The van der Waals surface area contributed by atoms with Crippen molar-refractivity contribution in [3.05, 3.63) is 41.2 Å². The number of hydrogen-bond donors (Lipinski definition) is 2. The number of ether oxygens (including phenoxy) is 1. The molecule has 1 aliphatic carbocycles. The maximum absolute atomic E-state index is 14.9. The molecule has 1 amide bonds. The first kappa shape index (κ1) is 20.6. The topological polar surface area (TPSA) is 77.4 Å². The highest BCUT2D eigenvalue weighted by atomic mass is 19.1. The molecule has 164 valence electrons. The lowest BCUT2D eigenvalue weighted by molar-refractivity contribution is -0.124. The van der Waals surface area contributed by atoms with Crippen molar-refractivity contribution in [2.45, 2.75) is 56.3 Å². The van der Waals surface area contributed by atoms with Crippen LogP contribution in [0, 0.1) is 23.1 Å². The quantitative estimate of drug-likeness (QED) is 0.756. The summed E-state index contributed by atoms with van der Waals surface area (Å²) in [4.78, 5) is 15.0. The van der Waals surface area contributed by atoms with E-state index in [1.807, 2.05) is 6.07 Å². The second kappa shape index (κ2) is 8.70. The Morgan fingerprint density at radius 3 is 3.03 bits per heavy atom. The molecule has 0 aromatic heterocycles. The van der Waals surface area contributed by atoms with Crippen LogP contribution in [-0.4, -0.2) is 61.3 Å². The van der Waals surface area contributed by atoms with E-state index in [1.165, 1.54) is 0 Å². The molecule has 1 aromatic carbocycles. The third-order valence-electron chi connectivity index (χ3n) is 7.30. The number of carbonyl (C=O) groups is 1. The smallest absolute Gasteiger partial charge is 0.238 e. The molecule has 3 heterocycles. The van der Waals surface area contributed by atoms with Crippen LogP contribution < -0.4 is 10.6 Å². The number of halogens is 1. The predicted octanol–water partition coefficient (Wildman–Crippen LogP) is 2.00. The molecular weight excluding hydrogens is 395 g/mol. The van der Waals surface area contributed by atoms with Crippen LogP contribution in [0.5, 0.6) is 0 Å². The Morgan fingerprint density at radius 2 is 2.29 bits per heavy atom. The molecule has 2 saturated heterocycles. The number of carbonyl (C=O) groups excluding carboxylic acids is 1. The summed E-state index contributed by atoms with van der Waals surface area (Å²) in [5.74, 6) is -0.106. The van der Waals surface area contributed by atoms with Crippen LogP contribution in [0.4, 0.5) is 4.39 Å². The molecule has 4 aliphatic rings. The maximum atomic E-state index is 14.9. The molecular formula is C24H29FN4O2. The molecule has 4 unspecified atom stereocenters. The number of amides is 1. The SMILES string of the molecule is N#C[C@H](Cc1ccc(C2=CC3COCCN3CC2)cc1F)NC(=O)C1NC2CCC1C2. The average Bonchev–Trinajstić information content (AvgIpc) is 3.43. The van der Waals surface area contributed by atoms with Gasteiger partial charge >= 0.3 is 0 Å². The Labute approximate surface area is 182 Å². The first-order chi connectivity index (χ1) is 15.1. The Bertz CT molecular complexity index is 927. The van der Waals surface area contributed by atoms with E-state index >= 15 is 0 Å². The van der Waals surface area contributed by atoms with Crippen LogP contribution in [0.15, 0.2) is 24.3 Å². The molecule has 3 fully saturated rings. The fourth-order valence-corrected chi connectivity index (χ4v) is 5.58. The zero-order valence-electron chi connectivity index (χ0n) is 17.6. The lowest BCUT2D eigenvalue weighted by Crippen LogP contribution is -2.50. The summed E-state index contributed by atoms with van der Waals surface area (Å²) in [6.07, 6.45) is 6.46. The molecule has 6 nitrogen and oxygen atoms in total. The number of rotatable bonds is 5. The van der Waals surface area contributed by atoms with Crippen molar-refractivity contribution in [1.29, 1.82) is 5.26 Å². The van der Waals surface area contributed by atoms with Gasteiger partial charge in [-0.15, -0.1) is 0 Å². The second-order valence-electron chi connectivity index (χ2n) is 9.24. The number of piperidine rings is 1. The molecule has 5 rings (SSSR count). The van der Waals surface area contributed by atoms with Crippen molar-refractivity contribution in [3.8, 4) is 6.07 Å². The molecule has 5 atom stereocenters. The summed E-state index contributed by atoms with van der Waals surface area (Å²) < 4.78 is 20.5. The fourth-order valence-electron chi connectivity index (χ4n) is 5.58. The molecule has 1 aromatic rings. The van der Waals surface area contributed by atoms with Crippen LogP contribution in [0.1, 0.15) is 36.8 Å². The van der Waals surface area contributed by atoms with Crippen molar-refractivity contribution in [2.75, 3.05) is 26.3 Å². The highest BCUT2D eigenvalue weighted by Gasteiger charge is 2.43. The van der Waals surface area contributed by atoms with Gasteiger partial charge in [-0.1, -0.05) is 18.2 Å². The maximum Gasteiger partial charge on any atom is 0.238 e. The van der Waals surface area contributed by atoms with Crippen molar-refractivity contribution in [1.82, 2.24) is 15.5 Å². The summed E-state index contributed by atoms with van der Waals surface area (Å²) in [6, 6.07) is 7.10. The first-order valence-electron chi connectivity index (χ1n) is 11.4. The number of fused-ring (bicyclic) bond motifs is 3. The minimum atomic E-state index is -0.740. The van der Waals surface area contributed by atoms with Gasteiger partial charge in [0.05, 0.1) is 31.4 Å². The first-order valence-corrected chi connectivity index (χ1v) is 11.4. The second-order valence-corrected chi connectivity index (χ2v) is 9.24. The molecule has 1 saturated carbocycles. The molecule has 0 radical (unpaired) electrons. The average molecular weight is 425 g/mol. The van der Waals surface area contributed by atoms with Crippen molar-refractivity contribution >= 4 is 11.5 Å². The van der Waals surface area contributed by atoms with Crippen LogP contribution in [0.3, 0.4) is 0 Å². The van der Waals surface area contributed by atoms with Gasteiger partial charge in [0.15, 0.2) is 0 Å². The third kappa shape index (κ3) is 4.25. The van der Waals surface area contributed by atoms with E-state index in [1.54, 1.807) is 12.1 Å².